The first-order valence-corrected chi connectivity index (χ1v) is 5.47. The average molecular weight is 270 g/mol. The number of rotatable bonds is 3. The van der Waals surface area contributed by atoms with E-state index < -0.39 is 45.0 Å². The first-order valence-electron chi connectivity index (χ1n) is 13.0. The highest BCUT2D eigenvalue weighted by Crippen LogP contribution is 2.37. The van der Waals surface area contributed by atoms with E-state index >= 15 is 0 Å². The lowest BCUT2D eigenvalue weighted by molar-refractivity contribution is 0.487. The number of benzene rings is 2. The van der Waals surface area contributed by atoms with Gasteiger partial charge in [0.25, 0.3) is 0 Å². The Morgan fingerprint density at radius 2 is 1.47 bits per heavy atom. The molecule has 0 atom stereocenters. The summed E-state index contributed by atoms with van der Waals surface area (Å²) < 4.78 is 116. The summed E-state index contributed by atoms with van der Waals surface area (Å²) in [5, 5.41) is 0. The third-order valence-corrected chi connectivity index (χ3v) is 2.70. The lowest BCUT2D eigenvalue weighted by Crippen LogP contribution is -2.35. The number of hydrogen-bond acceptors (Lipinski definition) is 1. The summed E-state index contributed by atoms with van der Waals surface area (Å²) in [6.45, 7) is -17.2. The summed E-state index contributed by atoms with van der Waals surface area (Å²) in [7, 11) is 0. The van der Waals surface area contributed by atoms with Crippen LogP contribution in [0, 0.1) is 0 Å². The first kappa shape index (κ1) is 4.10. The third-order valence-electron chi connectivity index (χ3n) is 2.70. The van der Waals surface area contributed by atoms with Crippen LogP contribution in [-0.2, 0) is 0 Å². The SMILES string of the molecule is [2H]C([2H])([2H])N(c1ccccc1-c1ccccc1[N+](C([2H])([2H])[2H])(C([2H])([2H])[2H])C([2H])([2H])[2H])C([2H])([2H])[2H]. The van der Waals surface area contributed by atoms with E-state index in [1.54, 1.807) is 0 Å². The van der Waals surface area contributed by atoms with Crippen LogP contribution in [0.5, 0.6) is 0 Å². The van der Waals surface area contributed by atoms with Gasteiger partial charge in [0.15, 0.2) is 0 Å². The molecule has 0 radical (unpaired) electrons. The zero-order valence-corrected chi connectivity index (χ0v) is 10.0. The predicted molar refractivity (Wildman–Crippen MR) is 85.8 cm³/mol. The number of hydrogen-bond donors (Lipinski definition) is 0. The van der Waals surface area contributed by atoms with E-state index in [1.807, 2.05) is 0 Å². The van der Waals surface area contributed by atoms with Crippen LogP contribution in [0.2, 0.25) is 0 Å². The van der Waals surface area contributed by atoms with E-state index in [1.165, 1.54) is 42.5 Å². The topological polar surface area (TPSA) is 3.24 Å². The molecule has 0 heterocycles. The summed E-state index contributed by atoms with van der Waals surface area (Å²) >= 11 is 0. The van der Waals surface area contributed by atoms with Crippen molar-refractivity contribution in [2.45, 2.75) is 0 Å². The van der Waals surface area contributed by atoms with Gasteiger partial charge in [0.1, 0.15) is 5.69 Å². The summed E-state index contributed by atoms with van der Waals surface area (Å²) in [6, 6.07) is 10.1. The highest BCUT2D eigenvalue weighted by atomic mass is 15.3. The van der Waals surface area contributed by atoms with Gasteiger partial charge in [-0.1, -0.05) is 30.3 Å². The van der Waals surface area contributed by atoms with Crippen LogP contribution in [0.3, 0.4) is 0 Å². The van der Waals surface area contributed by atoms with Crippen LogP contribution in [0.4, 0.5) is 11.4 Å². The van der Waals surface area contributed by atoms with E-state index in [9.17, 15) is 0 Å². The largest absolute Gasteiger partial charge is 0.377 e. The van der Waals surface area contributed by atoms with E-state index in [-0.39, 0.29) is 21.7 Å². The maximum atomic E-state index is 7.98. The molecule has 0 aliphatic rings. The van der Waals surface area contributed by atoms with Gasteiger partial charge in [-0.3, -0.25) is 4.48 Å². The van der Waals surface area contributed by atoms with E-state index in [0.29, 0.717) is 0 Å². The van der Waals surface area contributed by atoms with Gasteiger partial charge in [0, 0.05) is 39.0 Å². The molecule has 19 heavy (non-hydrogen) atoms. The minimum atomic E-state index is -3.62. The van der Waals surface area contributed by atoms with E-state index in [4.69, 9.17) is 20.6 Å². The van der Waals surface area contributed by atoms with Crippen LogP contribution >= 0.6 is 0 Å². The summed E-state index contributed by atoms with van der Waals surface area (Å²) in [4.78, 5) is 0.167. The molecular formula is C17H23N2+. The minimum absolute atomic E-state index is 0.161. The average Bonchev–Trinajstić information content (AvgIpc) is 2.57. The Morgan fingerprint density at radius 1 is 0.842 bits per heavy atom. The fourth-order valence-corrected chi connectivity index (χ4v) is 1.89. The van der Waals surface area contributed by atoms with Crippen molar-refractivity contribution in [3.05, 3.63) is 48.5 Å². The van der Waals surface area contributed by atoms with Gasteiger partial charge in [0.2, 0.25) is 0 Å². The lowest BCUT2D eigenvalue weighted by Gasteiger charge is -2.27. The molecule has 0 aliphatic heterocycles. The predicted octanol–water partition coefficient (Wildman–Crippen LogP) is 3.62. The van der Waals surface area contributed by atoms with Crippen molar-refractivity contribution in [3.63, 3.8) is 0 Å². The minimum Gasteiger partial charge on any atom is -0.377 e. The molecule has 0 saturated carbocycles. The van der Waals surface area contributed by atoms with Gasteiger partial charge >= 0.3 is 0 Å². The monoisotopic (exact) mass is 270 g/mol. The smallest absolute Gasteiger partial charge is 0.140 e. The second-order valence-electron chi connectivity index (χ2n) is 4.04. The Labute approximate surface area is 137 Å². The fraction of sp³-hybridized carbons (Fsp3) is 0.294. The summed E-state index contributed by atoms with van der Waals surface area (Å²) in [6.07, 6.45) is 0. The molecule has 0 aliphatic carbocycles. The maximum absolute atomic E-state index is 7.98. The van der Waals surface area contributed by atoms with Crippen molar-refractivity contribution < 1.29 is 20.6 Å². The molecule has 2 heteroatoms. The molecule has 0 aromatic heterocycles. The molecule has 0 unspecified atom stereocenters. The Kier molecular flexibility index (Phi) is 1.09. The molecule has 0 fully saturated rings. The normalized spacial score (nSPS) is 26.4. The molecule has 2 nitrogen and oxygen atoms in total. The highest BCUT2D eigenvalue weighted by molar-refractivity contribution is 5.85. The first-order chi connectivity index (χ1) is 15.1. The van der Waals surface area contributed by atoms with Crippen molar-refractivity contribution in [3.8, 4) is 11.1 Å². The quantitative estimate of drug-likeness (QED) is 0.770. The number of anilines is 1. The summed E-state index contributed by atoms with van der Waals surface area (Å²) in [5.74, 6) is 0. The second kappa shape index (κ2) is 5.06. The molecule has 0 N–H and O–H groups in total. The maximum Gasteiger partial charge on any atom is 0.140 e. The molecule has 0 amide bonds. The molecule has 0 bridgehead atoms. The Hall–Kier alpha value is -1.80. The number of nitrogens with zero attached hydrogens (tertiary/aromatic N) is 2. The van der Waals surface area contributed by atoms with Crippen LogP contribution < -0.4 is 9.38 Å². The van der Waals surface area contributed by atoms with Gasteiger partial charge in [-0.15, -0.1) is 0 Å². The van der Waals surface area contributed by atoms with Gasteiger partial charge in [0.05, 0.1) is 33.3 Å². The van der Waals surface area contributed by atoms with Gasteiger partial charge in [-0.05, 0) is 18.2 Å². The number of quaternary nitrogens is 1. The molecule has 0 spiro atoms. The lowest BCUT2D eigenvalue weighted by atomic mass is 10.00. The Balaban J connectivity index is 3.08. The fourth-order valence-electron chi connectivity index (χ4n) is 1.89. The molecule has 100 valence electrons. The van der Waals surface area contributed by atoms with Crippen molar-refractivity contribution in [1.82, 2.24) is 4.48 Å². The zero-order chi connectivity index (χ0) is 26.5. The van der Waals surface area contributed by atoms with Crippen LogP contribution in [0.25, 0.3) is 11.1 Å². The van der Waals surface area contributed by atoms with Crippen molar-refractivity contribution in [1.29, 1.82) is 0 Å². The van der Waals surface area contributed by atoms with Crippen LogP contribution in [-0.4, -0.2) is 34.9 Å². The highest BCUT2D eigenvalue weighted by Gasteiger charge is 2.19. The Bertz CT molecular complexity index is 961. The standard InChI is InChI=1S/C17H23N2/c1-18(2)16-12-8-6-10-14(16)15-11-7-9-13-17(15)19(3,4)5/h6-13H,1-5H3/q+1/i1D3,2D3,3D3,4D3,5D3. The van der Waals surface area contributed by atoms with E-state index in [0.717, 1.165) is 6.07 Å². The van der Waals surface area contributed by atoms with Crippen molar-refractivity contribution >= 4 is 11.4 Å². The molecule has 2 aromatic carbocycles. The van der Waals surface area contributed by atoms with Crippen molar-refractivity contribution in [2.75, 3.05) is 39.8 Å². The van der Waals surface area contributed by atoms with Gasteiger partial charge < -0.3 is 4.90 Å². The van der Waals surface area contributed by atoms with E-state index in [2.05, 4.69) is 0 Å². The number of para-hydroxylation sites is 2. The van der Waals surface area contributed by atoms with Crippen LogP contribution in [0.1, 0.15) is 20.6 Å². The molecule has 0 saturated heterocycles. The van der Waals surface area contributed by atoms with Gasteiger partial charge in [-0.25, -0.2) is 0 Å². The molecule has 2 rings (SSSR count). The summed E-state index contributed by atoms with van der Waals surface area (Å²) in [5.41, 5.74) is -1.45. The van der Waals surface area contributed by atoms with Gasteiger partial charge in [-0.2, -0.15) is 0 Å². The zero-order valence-electron chi connectivity index (χ0n) is 25.0. The van der Waals surface area contributed by atoms with Crippen LogP contribution in [0.15, 0.2) is 48.5 Å². The van der Waals surface area contributed by atoms with Crippen molar-refractivity contribution in [2.24, 2.45) is 0 Å². The molecule has 2 aromatic rings. The second-order valence-corrected chi connectivity index (χ2v) is 4.04. The molecular weight excluding hydrogens is 232 g/mol. The third kappa shape index (κ3) is 2.79. The Morgan fingerprint density at radius 3 is 2.16 bits per heavy atom.